The van der Waals surface area contributed by atoms with E-state index in [-0.39, 0.29) is 0 Å². The topological polar surface area (TPSA) is 244 Å². The van der Waals surface area contributed by atoms with Crippen molar-refractivity contribution in [3.8, 4) is 0 Å². The average Bonchev–Trinajstić information content (AvgIpc) is 2.53. The molecule has 0 saturated heterocycles. The zero-order valence-electron chi connectivity index (χ0n) is 13.7. The van der Waals surface area contributed by atoms with Gasteiger partial charge in [0.25, 0.3) is 36.0 Å². The highest BCUT2D eigenvalue weighted by Gasteiger charge is 2.26. The Morgan fingerprint density at radius 2 is 1.28 bits per heavy atom. The molecule has 2 aromatic rings. The lowest BCUT2D eigenvalue weighted by molar-refractivity contribution is -0.385. The van der Waals surface area contributed by atoms with Crippen molar-refractivity contribution in [2.75, 3.05) is 11.1 Å². The van der Waals surface area contributed by atoms with Gasteiger partial charge in [0.1, 0.15) is 14.7 Å². The average molecular weight is 469 g/mol. The van der Waals surface area contributed by atoms with Crippen LogP contribution in [0.3, 0.4) is 0 Å². The van der Waals surface area contributed by atoms with Gasteiger partial charge in [-0.1, -0.05) is 0 Å². The van der Waals surface area contributed by atoms with Gasteiger partial charge in [-0.2, -0.15) is 25.3 Å². The third-order valence-electron chi connectivity index (χ3n) is 3.39. The van der Waals surface area contributed by atoms with Crippen molar-refractivity contribution in [3.63, 3.8) is 0 Å². The molecule has 0 aliphatic heterocycles. The van der Waals surface area contributed by atoms with E-state index >= 15 is 0 Å². The molecule has 0 saturated carbocycles. The summed E-state index contributed by atoms with van der Waals surface area (Å²) in [5, 5.41) is 12.9. The highest BCUT2D eigenvalue weighted by molar-refractivity contribution is 7.86. The van der Waals surface area contributed by atoms with Crippen LogP contribution in [0.25, 0.3) is 0 Å². The maximum atomic E-state index is 11.6. The molecule has 0 aliphatic rings. The quantitative estimate of drug-likeness (QED) is 0.169. The zero-order chi connectivity index (χ0) is 22.4. The highest BCUT2D eigenvalue weighted by Crippen LogP contribution is 2.35. The summed E-state index contributed by atoms with van der Waals surface area (Å²) >= 11 is 0. The van der Waals surface area contributed by atoms with Gasteiger partial charge in [-0.05, 0) is 18.2 Å². The summed E-state index contributed by atoms with van der Waals surface area (Å²) in [6.45, 7) is 0. The molecule has 0 fully saturated rings. The van der Waals surface area contributed by atoms with Crippen molar-refractivity contribution < 1.29 is 43.8 Å². The molecule has 0 bridgehead atoms. The van der Waals surface area contributed by atoms with Crippen molar-refractivity contribution in [2.24, 2.45) is 0 Å². The van der Waals surface area contributed by atoms with Crippen molar-refractivity contribution in [1.82, 2.24) is 0 Å². The number of nitrogen functional groups attached to an aromatic ring is 1. The SMILES string of the molecule is Nc1cc(S(=O)(=O)O)c(Nc2ccc([N+](=O)[O-])cc2S(=O)(=O)O)cc1S(=O)(=O)O. The van der Waals surface area contributed by atoms with Crippen molar-refractivity contribution in [1.29, 1.82) is 0 Å². The number of non-ortho nitro benzene ring substituents is 1. The lowest BCUT2D eigenvalue weighted by Gasteiger charge is -2.15. The summed E-state index contributed by atoms with van der Waals surface area (Å²) in [6.07, 6.45) is 0. The van der Waals surface area contributed by atoms with E-state index in [2.05, 4.69) is 5.32 Å². The Bertz CT molecular complexity index is 1330. The molecule has 0 aliphatic carbocycles. The van der Waals surface area contributed by atoms with Crippen molar-refractivity contribution in [2.45, 2.75) is 14.7 Å². The summed E-state index contributed by atoms with van der Waals surface area (Å²) in [5.74, 6) is 0. The fourth-order valence-corrected chi connectivity index (χ4v) is 4.15. The fourth-order valence-electron chi connectivity index (χ4n) is 2.20. The van der Waals surface area contributed by atoms with Crippen LogP contribution in [0.1, 0.15) is 0 Å². The Balaban J connectivity index is 2.82. The largest absolute Gasteiger partial charge is 0.398 e. The molecule has 14 nitrogen and oxygen atoms in total. The number of nitro groups is 1. The predicted octanol–water partition coefficient (Wildman–Crippen LogP) is 0.661. The van der Waals surface area contributed by atoms with Crippen LogP contribution in [0, 0.1) is 10.1 Å². The first-order valence-corrected chi connectivity index (χ1v) is 11.3. The second-order valence-corrected chi connectivity index (χ2v) is 9.54. The number of anilines is 3. The molecule has 0 atom stereocenters. The summed E-state index contributed by atoms with van der Waals surface area (Å²) in [4.78, 5) is 6.79. The lowest BCUT2D eigenvalue weighted by atomic mass is 10.2. The van der Waals surface area contributed by atoms with Gasteiger partial charge in [-0.15, -0.1) is 0 Å². The minimum absolute atomic E-state index is 0.450. The molecular formula is C12H11N3O11S3. The first-order valence-electron chi connectivity index (χ1n) is 6.93. The first-order chi connectivity index (χ1) is 13.0. The molecule has 158 valence electrons. The monoisotopic (exact) mass is 469 g/mol. The molecule has 6 N–H and O–H groups in total. The van der Waals surface area contributed by atoms with Gasteiger partial charge in [0, 0.05) is 12.1 Å². The van der Waals surface area contributed by atoms with Crippen LogP contribution in [0.5, 0.6) is 0 Å². The highest BCUT2D eigenvalue weighted by atomic mass is 32.2. The van der Waals surface area contributed by atoms with E-state index in [1.165, 1.54) is 0 Å². The number of rotatable bonds is 6. The van der Waals surface area contributed by atoms with Crippen LogP contribution in [0.15, 0.2) is 45.0 Å². The Hall–Kier alpha value is -2.83. The molecular weight excluding hydrogens is 458 g/mol. The van der Waals surface area contributed by atoms with E-state index in [0.717, 1.165) is 12.1 Å². The standard InChI is InChI=1S/C12H11N3O11S3/c13-7-4-12(29(24,25)26)9(5-10(7)27(18,19)20)14-8-2-1-6(15(16)17)3-11(8)28(21,22)23/h1-5,14H,13H2,(H,18,19,20)(H,21,22,23)(H,24,25,26). The van der Waals surface area contributed by atoms with Gasteiger partial charge in [0.2, 0.25) is 0 Å². The predicted molar refractivity (Wildman–Crippen MR) is 96.7 cm³/mol. The zero-order valence-corrected chi connectivity index (χ0v) is 16.2. The van der Waals surface area contributed by atoms with Crippen molar-refractivity contribution >= 4 is 53.1 Å². The molecule has 17 heteroatoms. The second kappa shape index (κ2) is 7.21. The number of benzene rings is 2. The van der Waals surface area contributed by atoms with Crippen LogP contribution < -0.4 is 11.1 Å². The van der Waals surface area contributed by atoms with Gasteiger partial charge in [-0.3, -0.25) is 23.8 Å². The van der Waals surface area contributed by atoms with E-state index in [1.807, 2.05) is 0 Å². The van der Waals surface area contributed by atoms with Crippen LogP contribution >= 0.6 is 0 Å². The van der Waals surface area contributed by atoms with Crippen LogP contribution in [0.4, 0.5) is 22.7 Å². The van der Waals surface area contributed by atoms with E-state index in [9.17, 15) is 49.0 Å². The molecule has 0 radical (unpaired) electrons. The molecule has 0 heterocycles. The summed E-state index contributed by atoms with van der Waals surface area (Å²) in [6, 6.07) is 2.97. The summed E-state index contributed by atoms with van der Waals surface area (Å²) in [5.41, 5.74) is 2.48. The third kappa shape index (κ3) is 4.96. The van der Waals surface area contributed by atoms with E-state index < -0.39 is 72.7 Å². The molecule has 0 spiro atoms. The maximum absolute atomic E-state index is 11.6. The van der Waals surface area contributed by atoms with E-state index in [1.54, 1.807) is 0 Å². The lowest BCUT2D eigenvalue weighted by Crippen LogP contribution is -2.11. The number of nitro benzene ring substituents is 1. The van der Waals surface area contributed by atoms with Gasteiger partial charge in [0.15, 0.2) is 0 Å². The van der Waals surface area contributed by atoms with Crippen LogP contribution in [-0.4, -0.2) is 43.8 Å². The minimum atomic E-state index is -5.08. The van der Waals surface area contributed by atoms with Gasteiger partial charge < -0.3 is 11.1 Å². The minimum Gasteiger partial charge on any atom is -0.398 e. The van der Waals surface area contributed by atoms with Gasteiger partial charge in [-0.25, -0.2) is 0 Å². The van der Waals surface area contributed by atoms with Crippen LogP contribution in [-0.2, 0) is 30.4 Å². The van der Waals surface area contributed by atoms with E-state index in [0.29, 0.717) is 18.2 Å². The Morgan fingerprint density at radius 3 is 1.72 bits per heavy atom. The molecule has 2 aromatic carbocycles. The summed E-state index contributed by atoms with van der Waals surface area (Å²) in [7, 11) is -15.1. The fraction of sp³-hybridized carbons (Fsp3) is 0. The number of hydrogen-bond acceptors (Lipinski definition) is 10. The Labute approximate surface area is 163 Å². The molecule has 29 heavy (non-hydrogen) atoms. The van der Waals surface area contributed by atoms with E-state index in [4.69, 9.17) is 5.73 Å². The smallest absolute Gasteiger partial charge is 0.296 e. The van der Waals surface area contributed by atoms with Gasteiger partial charge >= 0.3 is 0 Å². The normalized spacial score (nSPS) is 12.5. The number of nitrogens with one attached hydrogen (secondary N) is 1. The molecule has 0 amide bonds. The number of hydrogen-bond donors (Lipinski definition) is 5. The first kappa shape index (κ1) is 22.5. The van der Waals surface area contributed by atoms with Crippen LogP contribution in [0.2, 0.25) is 0 Å². The third-order valence-corrected chi connectivity index (χ3v) is 6.09. The maximum Gasteiger partial charge on any atom is 0.296 e. The summed E-state index contributed by atoms with van der Waals surface area (Å²) < 4.78 is 96.8. The number of nitrogens with zero attached hydrogens (tertiary/aromatic N) is 1. The molecule has 0 unspecified atom stereocenters. The Kier molecular flexibility index (Phi) is 5.58. The Morgan fingerprint density at radius 1 is 0.793 bits per heavy atom. The van der Waals surface area contributed by atoms with Crippen molar-refractivity contribution in [3.05, 3.63) is 40.4 Å². The molecule has 2 rings (SSSR count). The molecule has 0 aromatic heterocycles. The second-order valence-electron chi connectivity index (χ2n) is 5.37. The number of nitrogens with two attached hydrogens (primary N) is 1. The van der Waals surface area contributed by atoms with Gasteiger partial charge in [0.05, 0.1) is 22.0 Å².